The van der Waals surface area contributed by atoms with Gasteiger partial charge in [0, 0.05) is 65.1 Å². The largest absolute Gasteiger partial charge is 0.378 e. The number of rotatable bonds is 6. The molecule has 0 aliphatic carbocycles. The molecule has 1 aliphatic heterocycles. The van der Waals surface area contributed by atoms with E-state index in [1.165, 1.54) is 11.3 Å². The number of anilines is 1. The van der Waals surface area contributed by atoms with E-state index in [1.54, 1.807) is 6.26 Å². The van der Waals surface area contributed by atoms with Crippen molar-refractivity contribution in [1.82, 2.24) is 20.3 Å². The van der Waals surface area contributed by atoms with Crippen molar-refractivity contribution in [2.24, 2.45) is 4.99 Å². The highest BCUT2D eigenvalue weighted by Gasteiger charge is 2.20. The number of hydrogen-bond donors (Lipinski definition) is 1. The van der Waals surface area contributed by atoms with E-state index >= 15 is 0 Å². The van der Waals surface area contributed by atoms with Crippen molar-refractivity contribution in [3.05, 3.63) is 47.9 Å². The van der Waals surface area contributed by atoms with Gasteiger partial charge in [-0.3, -0.25) is 4.90 Å². The molecular formula is C20H31IN6O. The fourth-order valence-electron chi connectivity index (χ4n) is 3.19. The van der Waals surface area contributed by atoms with Gasteiger partial charge in [0.2, 0.25) is 0 Å². The Bertz CT molecular complexity index is 726. The van der Waals surface area contributed by atoms with Gasteiger partial charge in [-0.05, 0) is 24.6 Å². The van der Waals surface area contributed by atoms with Crippen molar-refractivity contribution in [3.63, 3.8) is 0 Å². The summed E-state index contributed by atoms with van der Waals surface area (Å²) in [6, 6.07) is 10.5. The van der Waals surface area contributed by atoms with Crippen molar-refractivity contribution in [1.29, 1.82) is 0 Å². The maximum absolute atomic E-state index is 4.93. The van der Waals surface area contributed by atoms with E-state index in [1.807, 2.05) is 6.07 Å². The van der Waals surface area contributed by atoms with Crippen molar-refractivity contribution >= 4 is 35.6 Å². The number of aliphatic imine (C=N–C) groups is 1. The molecule has 28 heavy (non-hydrogen) atoms. The maximum atomic E-state index is 4.93. The summed E-state index contributed by atoms with van der Waals surface area (Å²) >= 11 is 0. The second kappa shape index (κ2) is 11.3. The summed E-state index contributed by atoms with van der Waals surface area (Å²) in [5.74, 6) is 0.994. The molecular weight excluding hydrogens is 467 g/mol. The molecule has 7 nitrogen and oxygen atoms in total. The Balaban J connectivity index is 0.00000280. The Hall–Kier alpha value is -1.81. The highest BCUT2D eigenvalue weighted by Crippen LogP contribution is 2.14. The fourth-order valence-corrected chi connectivity index (χ4v) is 3.19. The normalized spacial score (nSPS) is 15.2. The average molecular weight is 498 g/mol. The minimum absolute atomic E-state index is 0. The van der Waals surface area contributed by atoms with E-state index in [0.717, 1.165) is 50.9 Å². The average Bonchev–Trinajstić information content (AvgIpc) is 3.19. The minimum atomic E-state index is 0. The molecule has 3 rings (SSSR count). The molecule has 0 unspecified atom stereocenters. The summed E-state index contributed by atoms with van der Waals surface area (Å²) in [6.07, 6.45) is 1.63. The molecule has 0 radical (unpaired) electrons. The van der Waals surface area contributed by atoms with Gasteiger partial charge in [0.15, 0.2) is 5.96 Å². The summed E-state index contributed by atoms with van der Waals surface area (Å²) in [7, 11) is 4.12. The number of benzene rings is 1. The first-order valence-electron chi connectivity index (χ1n) is 9.57. The monoisotopic (exact) mass is 498 g/mol. The molecule has 1 aromatic carbocycles. The molecule has 1 fully saturated rings. The molecule has 154 valence electrons. The quantitative estimate of drug-likeness (QED) is 0.376. The lowest BCUT2D eigenvalue weighted by molar-refractivity contribution is 0.169. The molecule has 1 saturated heterocycles. The highest BCUT2D eigenvalue weighted by atomic mass is 127. The topological polar surface area (TPSA) is 60.1 Å². The van der Waals surface area contributed by atoms with Gasteiger partial charge >= 0.3 is 0 Å². The van der Waals surface area contributed by atoms with Crippen LogP contribution in [0.4, 0.5) is 5.69 Å². The van der Waals surface area contributed by atoms with E-state index in [0.29, 0.717) is 6.54 Å². The number of aromatic nitrogens is 1. The Morgan fingerprint density at radius 2 is 2.00 bits per heavy atom. The first-order chi connectivity index (χ1) is 13.2. The van der Waals surface area contributed by atoms with Crippen LogP contribution < -0.4 is 10.2 Å². The molecule has 0 bridgehead atoms. The molecule has 0 spiro atoms. The van der Waals surface area contributed by atoms with Crippen LogP contribution in [0.25, 0.3) is 0 Å². The van der Waals surface area contributed by atoms with Gasteiger partial charge in [0.05, 0.1) is 12.2 Å². The zero-order valence-corrected chi connectivity index (χ0v) is 19.3. The third-order valence-corrected chi connectivity index (χ3v) is 4.72. The molecule has 2 heterocycles. The van der Waals surface area contributed by atoms with Gasteiger partial charge in [0.1, 0.15) is 6.26 Å². The van der Waals surface area contributed by atoms with Crippen LogP contribution in [0.2, 0.25) is 0 Å². The molecule has 1 aliphatic rings. The Morgan fingerprint density at radius 1 is 1.21 bits per heavy atom. The Morgan fingerprint density at radius 3 is 2.64 bits per heavy atom. The zero-order chi connectivity index (χ0) is 19.1. The molecule has 1 N–H and O–H groups in total. The maximum Gasteiger partial charge on any atom is 0.194 e. The first-order valence-corrected chi connectivity index (χ1v) is 9.57. The lowest BCUT2D eigenvalue weighted by Crippen LogP contribution is -2.52. The Kier molecular flexibility index (Phi) is 9.04. The van der Waals surface area contributed by atoms with Crippen LogP contribution >= 0.6 is 24.0 Å². The number of halogens is 1. The van der Waals surface area contributed by atoms with Crippen molar-refractivity contribution < 1.29 is 4.52 Å². The van der Waals surface area contributed by atoms with Gasteiger partial charge in [-0.25, -0.2) is 4.99 Å². The second-order valence-corrected chi connectivity index (χ2v) is 6.99. The van der Waals surface area contributed by atoms with Crippen LogP contribution in [0.3, 0.4) is 0 Å². The molecule has 2 aromatic rings. The Labute approximate surface area is 184 Å². The third kappa shape index (κ3) is 6.37. The summed E-state index contributed by atoms with van der Waals surface area (Å²) in [5.41, 5.74) is 3.42. The SMILES string of the molecule is CCNC(=NCc1cccc(N(C)C)c1)N1CCN(Cc2ccon2)CC1.I. The summed E-state index contributed by atoms with van der Waals surface area (Å²) in [5, 5.41) is 7.45. The van der Waals surface area contributed by atoms with Gasteiger partial charge in [-0.2, -0.15) is 0 Å². The van der Waals surface area contributed by atoms with Crippen LogP contribution in [0.5, 0.6) is 0 Å². The van der Waals surface area contributed by atoms with Crippen LogP contribution in [0.15, 0.2) is 46.1 Å². The third-order valence-electron chi connectivity index (χ3n) is 4.72. The predicted molar refractivity (Wildman–Crippen MR) is 124 cm³/mol. The number of hydrogen-bond acceptors (Lipinski definition) is 5. The standard InChI is InChI=1S/C20H30N6O.HI/c1-4-21-20(22-15-17-6-5-7-19(14-17)24(2)3)26-11-9-25(10-12-26)16-18-8-13-27-23-18;/h5-8,13-14H,4,9-12,15-16H2,1-3H3,(H,21,22);1H. The van der Waals surface area contributed by atoms with E-state index in [-0.39, 0.29) is 24.0 Å². The zero-order valence-electron chi connectivity index (χ0n) is 17.0. The molecule has 8 heteroatoms. The van der Waals surface area contributed by atoms with Gasteiger partial charge < -0.3 is 19.6 Å². The highest BCUT2D eigenvalue weighted by molar-refractivity contribution is 14.0. The number of guanidine groups is 1. The number of nitrogens with one attached hydrogen (secondary N) is 1. The van der Waals surface area contributed by atoms with Crippen LogP contribution in [0.1, 0.15) is 18.2 Å². The van der Waals surface area contributed by atoms with Crippen molar-refractivity contribution in [3.8, 4) is 0 Å². The smallest absolute Gasteiger partial charge is 0.194 e. The number of piperazine rings is 1. The minimum Gasteiger partial charge on any atom is -0.378 e. The lowest BCUT2D eigenvalue weighted by atomic mass is 10.2. The molecule has 0 atom stereocenters. The molecule has 0 amide bonds. The summed E-state index contributed by atoms with van der Waals surface area (Å²) in [4.78, 5) is 11.7. The summed E-state index contributed by atoms with van der Waals surface area (Å²) < 4.78 is 4.93. The molecule has 1 aromatic heterocycles. The van der Waals surface area contributed by atoms with Crippen LogP contribution in [0, 0.1) is 0 Å². The fraction of sp³-hybridized carbons (Fsp3) is 0.500. The van der Waals surface area contributed by atoms with Gasteiger partial charge in [-0.1, -0.05) is 17.3 Å². The van der Waals surface area contributed by atoms with E-state index in [2.05, 4.69) is 70.5 Å². The lowest BCUT2D eigenvalue weighted by Gasteiger charge is -2.36. The summed E-state index contributed by atoms with van der Waals surface area (Å²) in [6.45, 7) is 8.42. The van der Waals surface area contributed by atoms with E-state index in [9.17, 15) is 0 Å². The second-order valence-electron chi connectivity index (χ2n) is 6.99. The van der Waals surface area contributed by atoms with Gasteiger partial charge in [-0.15, -0.1) is 24.0 Å². The van der Waals surface area contributed by atoms with E-state index in [4.69, 9.17) is 9.52 Å². The van der Waals surface area contributed by atoms with Crippen molar-refractivity contribution in [2.45, 2.75) is 20.0 Å². The first kappa shape index (κ1) is 22.5. The molecule has 0 saturated carbocycles. The van der Waals surface area contributed by atoms with Crippen molar-refractivity contribution in [2.75, 3.05) is 51.7 Å². The van der Waals surface area contributed by atoms with Crippen LogP contribution in [-0.4, -0.2) is 67.7 Å². The predicted octanol–water partition coefficient (Wildman–Crippen LogP) is 2.64. The van der Waals surface area contributed by atoms with E-state index < -0.39 is 0 Å². The van der Waals surface area contributed by atoms with Crippen LogP contribution in [-0.2, 0) is 13.1 Å². The number of nitrogens with zero attached hydrogens (tertiary/aromatic N) is 5. The van der Waals surface area contributed by atoms with Gasteiger partial charge in [0.25, 0.3) is 0 Å².